The lowest BCUT2D eigenvalue weighted by molar-refractivity contribution is -0.136. The molecule has 2 heterocycles. The Morgan fingerprint density at radius 2 is 2.05 bits per heavy atom. The van der Waals surface area contributed by atoms with Gasteiger partial charge in [0, 0.05) is 33.3 Å². The molecule has 0 aromatic heterocycles. The number of nitrogens with one attached hydrogen (secondary N) is 2. The van der Waals surface area contributed by atoms with Crippen molar-refractivity contribution < 1.29 is 14.3 Å². The van der Waals surface area contributed by atoms with Gasteiger partial charge in [-0.1, -0.05) is 0 Å². The van der Waals surface area contributed by atoms with Crippen LogP contribution in [0, 0.1) is 5.41 Å². The van der Waals surface area contributed by atoms with Crippen molar-refractivity contribution in [1.29, 1.82) is 0 Å². The van der Waals surface area contributed by atoms with Crippen LogP contribution in [0.25, 0.3) is 0 Å². The van der Waals surface area contributed by atoms with Gasteiger partial charge >= 0.3 is 0 Å². The predicted molar refractivity (Wildman–Crippen MR) is 76.7 cm³/mol. The van der Waals surface area contributed by atoms with Crippen molar-refractivity contribution in [3.63, 3.8) is 0 Å². The summed E-state index contributed by atoms with van der Waals surface area (Å²) < 4.78 is 10.6. The number of amides is 1. The Balaban J connectivity index is 1.76. The summed E-state index contributed by atoms with van der Waals surface area (Å²) in [5, 5.41) is 6.40. The topological polar surface area (TPSA) is 62.8 Å². The van der Waals surface area contributed by atoms with Crippen molar-refractivity contribution >= 4 is 5.91 Å². The fourth-order valence-electron chi connectivity index (χ4n) is 2.96. The number of hydrogen-bond donors (Lipinski definition) is 2. The second-order valence-electron chi connectivity index (χ2n) is 5.67. The van der Waals surface area contributed by atoms with Crippen LogP contribution in [-0.4, -0.2) is 77.0 Å². The van der Waals surface area contributed by atoms with Gasteiger partial charge in [-0.2, -0.15) is 0 Å². The normalized spacial score (nSPS) is 23.4. The summed E-state index contributed by atoms with van der Waals surface area (Å²) in [5.74, 6) is 0.147. The number of morpholine rings is 1. The first-order valence-corrected chi connectivity index (χ1v) is 7.55. The maximum Gasteiger partial charge on any atom is 0.228 e. The molecule has 2 saturated heterocycles. The molecule has 0 unspecified atom stereocenters. The quantitative estimate of drug-likeness (QED) is 0.686. The fourth-order valence-corrected chi connectivity index (χ4v) is 2.96. The van der Waals surface area contributed by atoms with E-state index in [0.29, 0.717) is 13.2 Å². The maximum atomic E-state index is 12.5. The van der Waals surface area contributed by atoms with E-state index in [4.69, 9.17) is 9.47 Å². The molecule has 6 nitrogen and oxygen atoms in total. The first-order valence-electron chi connectivity index (χ1n) is 7.55. The summed E-state index contributed by atoms with van der Waals surface area (Å²) >= 11 is 0. The molecule has 0 saturated carbocycles. The zero-order valence-corrected chi connectivity index (χ0v) is 12.5. The third-order valence-electron chi connectivity index (χ3n) is 4.28. The van der Waals surface area contributed by atoms with Gasteiger partial charge in [-0.15, -0.1) is 0 Å². The number of piperidine rings is 1. The van der Waals surface area contributed by atoms with Crippen LogP contribution in [0.3, 0.4) is 0 Å². The molecule has 1 amide bonds. The van der Waals surface area contributed by atoms with Gasteiger partial charge in [0.15, 0.2) is 0 Å². The monoisotopic (exact) mass is 285 g/mol. The Bertz CT molecular complexity index is 295. The summed E-state index contributed by atoms with van der Waals surface area (Å²) in [4.78, 5) is 14.8. The Labute approximate surface area is 121 Å². The highest BCUT2D eigenvalue weighted by Gasteiger charge is 2.39. The smallest absolute Gasteiger partial charge is 0.228 e. The molecule has 2 aliphatic rings. The molecule has 0 aromatic rings. The highest BCUT2D eigenvalue weighted by Crippen LogP contribution is 2.29. The van der Waals surface area contributed by atoms with Gasteiger partial charge in [0.25, 0.3) is 0 Å². The van der Waals surface area contributed by atoms with Gasteiger partial charge in [0.05, 0.1) is 25.2 Å². The molecule has 116 valence electrons. The van der Waals surface area contributed by atoms with Crippen LogP contribution in [-0.2, 0) is 14.3 Å². The first-order chi connectivity index (χ1) is 9.77. The SMILES string of the molecule is COCC1(C(=O)NCCN2CCOCC2)CCNCC1. The van der Waals surface area contributed by atoms with Crippen molar-refractivity contribution in [1.82, 2.24) is 15.5 Å². The number of rotatable bonds is 6. The molecule has 0 bridgehead atoms. The molecule has 0 aliphatic carbocycles. The van der Waals surface area contributed by atoms with Crippen molar-refractivity contribution in [2.45, 2.75) is 12.8 Å². The van der Waals surface area contributed by atoms with Crippen molar-refractivity contribution in [3.05, 3.63) is 0 Å². The largest absolute Gasteiger partial charge is 0.384 e. The van der Waals surface area contributed by atoms with E-state index in [-0.39, 0.29) is 11.3 Å². The average molecular weight is 285 g/mol. The molecule has 20 heavy (non-hydrogen) atoms. The highest BCUT2D eigenvalue weighted by atomic mass is 16.5. The van der Waals surface area contributed by atoms with Gasteiger partial charge in [-0.05, 0) is 25.9 Å². The molecule has 2 N–H and O–H groups in total. The molecule has 0 atom stereocenters. The second-order valence-corrected chi connectivity index (χ2v) is 5.67. The van der Waals surface area contributed by atoms with Crippen LogP contribution in [0.1, 0.15) is 12.8 Å². The molecule has 0 spiro atoms. The van der Waals surface area contributed by atoms with E-state index in [9.17, 15) is 4.79 Å². The van der Waals surface area contributed by atoms with Gasteiger partial charge in [-0.25, -0.2) is 0 Å². The summed E-state index contributed by atoms with van der Waals surface area (Å²) in [5.41, 5.74) is -0.342. The predicted octanol–water partition coefficient (Wildman–Crippen LogP) is -0.549. The van der Waals surface area contributed by atoms with Crippen molar-refractivity contribution in [3.8, 4) is 0 Å². The molecule has 2 rings (SSSR count). The summed E-state index contributed by atoms with van der Waals surface area (Å²) in [6, 6.07) is 0. The second kappa shape index (κ2) is 7.93. The minimum absolute atomic E-state index is 0.147. The van der Waals surface area contributed by atoms with E-state index in [1.54, 1.807) is 7.11 Å². The maximum absolute atomic E-state index is 12.5. The molecular formula is C14H27N3O3. The third kappa shape index (κ3) is 4.15. The number of carbonyl (C=O) groups is 1. The molecule has 0 radical (unpaired) electrons. The average Bonchev–Trinajstić information content (AvgIpc) is 2.49. The molecule has 6 heteroatoms. The summed E-state index contributed by atoms with van der Waals surface area (Å²) in [6.45, 7) is 7.42. The standard InChI is InChI=1S/C14H27N3O3/c1-19-12-14(2-4-15-5-3-14)13(18)16-6-7-17-8-10-20-11-9-17/h15H,2-12H2,1H3,(H,16,18). The van der Waals surface area contributed by atoms with Crippen LogP contribution < -0.4 is 10.6 Å². The Kier molecular flexibility index (Phi) is 6.22. The van der Waals surface area contributed by atoms with Gasteiger partial charge in [-0.3, -0.25) is 9.69 Å². The van der Waals surface area contributed by atoms with Crippen molar-refractivity contribution in [2.24, 2.45) is 5.41 Å². The minimum Gasteiger partial charge on any atom is -0.384 e. The highest BCUT2D eigenvalue weighted by molar-refractivity contribution is 5.83. The lowest BCUT2D eigenvalue weighted by atomic mass is 9.78. The van der Waals surface area contributed by atoms with Gasteiger partial charge in [0.2, 0.25) is 5.91 Å². The summed E-state index contributed by atoms with van der Waals surface area (Å²) in [7, 11) is 1.67. The van der Waals surface area contributed by atoms with Crippen LogP contribution in [0.4, 0.5) is 0 Å². The van der Waals surface area contributed by atoms with E-state index in [2.05, 4.69) is 15.5 Å². The molecule has 2 aliphatic heterocycles. The number of carbonyl (C=O) groups excluding carboxylic acids is 1. The number of ether oxygens (including phenoxy) is 2. The lowest BCUT2D eigenvalue weighted by Gasteiger charge is -2.36. The Morgan fingerprint density at radius 1 is 1.35 bits per heavy atom. The zero-order valence-electron chi connectivity index (χ0n) is 12.5. The fraction of sp³-hybridized carbons (Fsp3) is 0.929. The first kappa shape index (κ1) is 15.7. The molecule has 0 aromatic carbocycles. The van der Waals surface area contributed by atoms with Crippen LogP contribution in [0.5, 0.6) is 0 Å². The van der Waals surface area contributed by atoms with E-state index in [1.807, 2.05) is 0 Å². The lowest BCUT2D eigenvalue weighted by Crippen LogP contribution is -2.51. The summed E-state index contributed by atoms with van der Waals surface area (Å²) in [6.07, 6.45) is 1.70. The van der Waals surface area contributed by atoms with Crippen LogP contribution >= 0.6 is 0 Å². The molecule has 2 fully saturated rings. The number of hydrogen-bond acceptors (Lipinski definition) is 5. The van der Waals surface area contributed by atoms with E-state index >= 15 is 0 Å². The Hall–Kier alpha value is -0.690. The Morgan fingerprint density at radius 3 is 2.70 bits per heavy atom. The number of nitrogens with zero attached hydrogens (tertiary/aromatic N) is 1. The van der Waals surface area contributed by atoms with Crippen molar-refractivity contribution in [2.75, 3.05) is 66.2 Å². The van der Waals surface area contributed by atoms with Crippen LogP contribution in [0.15, 0.2) is 0 Å². The number of methoxy groups -OCH3 is 1. The van der Waals surface area contributed by atoms with Gasteiger partial charge < -0.3 is 20.1 Å². The van der Waals surface area contributed by atoms with Gasteiger partial charge in [0.1, 0.15) is 0 Å². The van der Waals surface area contributed by atoms with E-state index in [0.717, 1.165) is 58.8 Å². The van der Waals surface area contributed by atoms with E-state index < -0.39 is 0 Å². The minimum atomic E-state index is -0.342. The zero-order chi connectivity index (χ0) is 14.3. The molecular weight excluding hydrogens is 258 g/mol. The van der Waals surface area contributed by atoms with E-state index in [1.165, 1.54) is 0 Å². The third-order valence-corrected chi connectivity index (χ3v) is 4.28. The van der Waals surface area contributed by atoms with Crippen LogP contribution in [0.2, 0.25) is 0 Å².